The molecule has 0 unspecified atom stereocenters. The Morgan fingerprint density at radius 2 is 1.92 bits per heavy atom. The van der Waals surface area contributed by atoms with Crippen molar-refractivity contribution in [2.24, 2.45) is 5.92 Å². The van der Waals surface area contributed by atoms with Crippen LogP contribution in [0.4, 0.5) is 0 Å². The molecule has 0 spiro atoms. The first-order valence-electron chi connectivity index (χ1n) is 8.45. The number of rotatable bonds is 8. The average molecular weight is 381 g/mol. The summed E-state index contributed by atoms with van der Waals surface area (Å²) in [5, 5.41) is 2.57. The molecule has 0 radical (unpaired) electrons. The summed E-state index contributed by atoms with van der Waals surface area (Å²) in [6.45, 7) is 0.900. The van der Waals surface area contributed by atoms with Crippen LogP contribution in [0, 0.1) is 5.92 Å². The van der Waals surface area contributed by atoms with Crippen molar-refractivity contribution in [3.05, 3.63) is 35.9 Å². The molecule has 1 saturated heterocycles. The molecule has 1 aromatic carbocycles. The molecule has 1 aromatic rings. The average Bonchev–Trinajstić information content (AvgIpc) is 2.91. The van der Waals surface area contributed by atoms with Crippen molar-refractivity contribution in [2.45, 2.75) is 32.2 Å². The Balaban J connectivity index is 1.77. The summed E-state index contributed by atoms with van der Waals surface area (Å²) in [7, 11) is -3.05. The van der Waals surface area contributed by atoms with E-state index in [1.807, 2.05) is 30.3 Å². The molecule has 0 bridgehead atoms. The van der Waals surface area contributed by atoms with E-state index in [1.54, 1.807) is 0 Å². The van der Waals surface area contributed by atoms with Crippen LogP contribution in [0.1, 0.15) is 25.3 Å². The fraction of sp³-hybridized carbons (Fsp3) is 0.500. The van der Waals surface area contributed by atoms with Crippen LogP contribution in [0.25, 0.3) is 0 Å². The lowest BCUT2D eigenvalue weighted by Gasteiger charge is -2.16. The van der Waals surface area contributed by atoms with Gasteiger partial charge in [-0.05, 0) is 31.2 Å². The van der Waals surface area contributed by atoms with Gasteiger partial charge in [0.25, 0.3) is 5.91 Å². The van der Waals surface area contributed by atoms with Gasteiger partial charge in [0.05, 0.1) is 17.5 Å². The number of nitrogens with one attached hydrogen (secondary N) is 1. The third kappa shape index (κ3) is 6.59. The number of hydrogen-bond acceptors (Lipinski definition) is 6. The SMILES string of the molecule is CC(=O)[C@@H](Cc1ccccc1)NC(=O)COC(=O)C[C@@H]1CCS(=O)(=O)C1. The van der Waals surface area contributed by atoms with E-state index in [2.05, 4.69) is 5.32 Å². The molecule has 7 nitrogen and oxygen atoms in total. The van der Waals surface area contributed by atoms with Gasteiger partial charge in [0, 0.05) is 6.42 Å². The number of sulfone groups is 1. The molecule has 2 rings (SSSR count). The molecule has 1 fully saturated rings. The highest BCUT2D eigenvalue weighted by molar-refractivity contribution is 7.91. The number of esters is 1. The molecule has 0 saturated carbocycles. The van der Waals surface area contributed by atoms with E-state index in [-0.39, 0.29) is 29.6 Å². The largest absolute Gasteiger partial charge is 0.456 e. The second kappa shape index (κ2) is 8.93. The van der Waals surface area contributed by atoms with E-state index in [0.29, 0.717) is 12.8 Å². The Hall–Kier alpha value is -2.22. The van der Waals surface area contributed by atoms with Gasteiger partial charge in [-0.3, -0.25) is 14.4 Å². The molecule has 1 aliphatic heterocycles. The van der Waals surface area contributed by atoms with Gasteiger partial charge >= 0.3 is 5.97 Å². The van der Waals surface area contributed by atoms with Gasteiger partial charge in [-0.25, -0.2) is 8.42 Å². The van der Waals surface area contributed by atoms with Gasteiger partial charge in [-0.2, -0.15) is 0 Å². The van der Waals surface area contributed by atoms with Crippen LogP contribution >= 0.6 is 0 Å². The fourth-order valence-corrected chi connectivity index (χ4v) is 4.72. The highest BCUT2D eigenvalue weighted by Gasteiger charge is 2.30. The molecule has 1 N–H and O–H groups in total. The molecular weight excluding hydrogens is 358 g/mol. The van der Waals surface area contributed by atoms with Gasteiger partial charge in [-0.1, -0.05) is 30.3 Å². The number of ether oxygens (including phenoxy) is 1. The minimum absolute atomic E-state index is 0.0161. The first-order chi connectivity index (χ1) is 12.2. The van der Waals surface area contributed by atoms with Crippen molar-refractivity contribution in [1.82, 2.24) is 5.32 Å². The number of carbonyl (C=O) groups excluding carboxylic acids is 3. The molecule has 142 valence electrons. The van der Waals surface area contributed by atoms with Crippen molar-refractivity contribution in [3.63, 3.8) is 0 Å². The molecule has 26 heavy (non-hydrogen) atoms. The zero-order valence-electron chi connectivity index (χ0n) is 14.6. The highest BCUT2D eigenvalue weighted by atomic mass is 32.2. The van der Waals surface area contributed by atoms with Gasteiger partial charge in [0.2, 0.25) is 0 Å². The highest BCUT2D eigenvalue weighted by Crippen LogP contribution is 2.21. The van der Waals surface area contributed by atoms with Crippen LogP contribution in [0.5, 0.6) is 0 Å². The van der Waals surface area contributed by atoms with Gasteiger partial charge in [0.15, 0.2) is 22.2 Å². The third-order valence-corrected chi connectivity index (χ3v) is 6.09. The molecule has 1 aliphatic rings. The predicted molar refractivity (Wildman–Crippen MR) is 95.1 cm³/mol. The Morgan fingerprint density at radius 1 is 1.23 bits per heavy atom. The summed E-state index contributed by atoms with van der Waals surface area (Å²) in [5.74, 6) is -1.54. The van der Waals surface area contributed by atoms with Crippen LogP contribution in [-0.4, -0.2) is 50.2 Å². The van der Waals surface area contributed by atoms with Crippen LogP contribution < -0.4 is 5.32 Å². The minimum Gasteiger partial charge on any atom is -0.456 e. The molecule has 8 heteroatoms. The van der Waals surface area contributed by atoms with Crippen LogP contribution in [0.3, 0.4) is 0 Å². The maximum Gasteiger partial charge on any atom is 0.306 e. The number of Topliss-reactive ketones (excluding diaryl/α,β-unsaturated/α-hetero) is 1. The number of hydrogen-bond donors (Lipinski definition) is 1. The van der Waals surface area contributed by atoms with E-state index >= 15 is 0 Å². The first-order valence-corrected chi connectivity index (χ1v) is 10.3. The predicted octanol–water partition coefficient (Wildman–Crippen LogP) is 0.671. The first kappa shape index (κ1) is 20.1. The summed E-state index contributed by atoms with van der Waals surface area (Å²) in [4.78, 5) is 35.5. The molecular formula is C18H23NO6S. The molecule has 1 amide bonds. The van der Waals surface area contributed by atoms with Gasteiger partial charge in [-0.15, -0.1) is 0 Å². The van der Waals surface area contributed by atoms with E-state index < -0.39 is 34.4 Å². The van der Waals surface area contributed by atoms with Gasteiger partial charge < -0.3 is 10.1 Å². The second-order valence-electron chi connectivity index (χ2n) is 6.55. The number of ketones is 1. The summed E-state index contributed by atoms with van der Waals surface area (Å²) >= 11 is 0. The maximum absolute atomic E-state index is 12.0. The summed E-state index contributed by atoms with van der Waals surface area (Å²) in [5.41, 5.74) is 0.910. The smallest absolute Gasteiger partial charge is 0.306 e. The number of carbonyl (C=O) groups is 3. The lowest BCUT2D eigenvalue weighted by atomic mass is 10.0. The van der Waals surface area contributed by atoms with Crippen LogP contribution in [0.15, 0.2) is 30.3 Å². The van der Waals surface area contributed by atoms with Crippen molar-refractivity contribution in [3.8, 4) is 0 Å². The van der Waals surface area contributed by atoms with E-state index in [0.717, 1.165) is 5.56 Å². The second-order valence-corrected chi connectivity index (χ2v) is 8.78. The molecule has 0 aromatic heterocycles. The standard InChI is InChI=1S/C18H23NO6S/c1-13(20)16(9-14-5-3-2-4-6-14)19-17(21)11-25-18(22)10-15-7-8-26(23,24)12-15/h2-6,15-16H,7-12H2,1H3,(H,19,21)/t15-,16+/m0/s1. The van der Waals surface area contributed by atoms with Crippen LogP contribution in [0.2, 0.25) is 0 Å². The normalized spacial score (nSPS) is 19.5. The molecule has 0 aliphatic carbocycles. The fourth-order valence-electron chi connectivity index (χ4n) is 2.86. The molecule has 2 atom stereocenters. The summed E-state index contributed by atoms with van der Waals surface area (Å²) < 4.78 is 27.7. The lowest BCUT2D eigenvalue weighted by Crippen LogP contribution is -2.43. The molecule has 1 heterocycles. The quantitative estimate of drug-likeness (QED) is 0.664. The Labute approximate surface area is 153 Å². The van der Waals surface area contributed by atoms with Gasteiger partial charge in [0.1, 0.15) is 0 Å². The lowest BCUT2D eigenvalue weighted by molar-refractivity contribution is -0.149. The third-order valence-electron chi connectivity index (χ3n) is 4.25. The monoisotopic (exact) mass is 381 g/mol. The number of amides is 1. The Kier molecular flexibility index (Phi) is 6.90. The van der Waals surface area contributed by atoms with E-state index in [4.69, 9.17) is 4.74 Å². The maximum atomic E-state index is 12.0. The minimum atomic E-state index is -3.05. The Bertz CT molecular complexity index is 759. The topological polar surface area (TPSA) is 107 Å². The van der Waals surface area contributed by atoms with Crippen molar-refractivity contribution in [2.75, 3.05) is 18.1 Å². The van der Waals surface area contributed by atoms with Crippen molar-refractivity contribution >= 4 is 27.5 Å². The van der Waals surface area contributed by atoms with Crippen molar-refractivity contribution in [1.29, 1.82) is 0 Å². The van der Waals surface area contributed by atoms with E-state index in [9.17, 15) is 22.8 Å². The zero-order chi connectivity index (χ0) is 19.2. The number of benzene rings is 1. The van der Waals surface area contributed by atoms with Crippen molar-refractivity contribution < 1.29 is 27.5 Å². The Morgan fingerprint density at radius 3 is 2.50 bits per heavy atom. The summed E-state index contributed by atoms with van der Waals surface area (Å²) in [6.07, 6.45) is 0.773. The van der Waals surface area contributed by atoms with E-state index in [1.165, 1.54) is 6.92 Å². The summed E-state index contributed by atoms with van der Waals surface area (Å²) in [6, 6.07) is 8.58. The zero-order valence-corrected chi connectivity index (χ0v) is 15.5. The van der Waals surface area contributed by atoms with Crippen LogP contribution in [-0.2, 0) is 35.4 Å².